The fraction of sp³-hybridized carbons (Fsp3) is 0.333. The van der Waals surface area contributed by atoms with Crippen molar-refractivity contribution in [3.63, 3.8) is 0 Å². The van der Waals surface area contributed by atoms with E-state index in [9.17, 15) is 9.59 Å². The standard InChI is InChI=1S/C24H26N2O6S/c1-29-20-11-17(12-21(30-2)23(20)31-3)26-13-16(10-22(26)27)24(28)25(14-18-6-4-8-32-18)15-19-7-5-9-33-19/h4-9,11-12,16H,10,13-15H2,1-3H3. The van der Waals surface area contributed by atoms with E-state index in [4.69, 9.17) is 18.6 Å². The Labute approximate surface area is 196 Å². The highest BCUT2D eigenvalue weighted by Crippen LogP contribution is 2.42. The highest BCUT2D eigenvalue weighted by atomic mass is 32.1. The van der Waals surface area contributed by atoms with E-state index in [0.29, 0.717) is 41.8 Å². The molecule has 2 aromatic heterocycles. The van der Waals surface area contributed by atoms with Gasteiger partial charge in [0, 0.05) is 30.0 Å². The van der Waals surface area contributed by atoms with Crippen LogP contribution in [0.2, 0.25) is 0 Å². The molecule has 9 heteroatoms. The van der Waals surface area contributed by atoms with Gasteiger partial charge in [-0.05, 0) is 23.6 Å². The van der Waals surface area contributed by atoms with Crippen molar-refractivity contribution in [1.82, 2.24) is 4.90 Å². The molecule has 1 aliphatic heterocycles. The van der Waals surface area contributed by atoms with Crippen LogP contribution in [0.5, 0.6) is 17.2 Å². The molecule has 0 aliphatic carbocycles. The Morgan fingerprint density at radius 1 is 1.12 bits per heavy atom. The van der Waals surface area contributed by atoms with Crippen molar-refractivity contribution in [3.8, 4) is 17.2 Å². The number of anilines is 1. The molecule has 0 N–H and O–H groups in total. The summed E-state index contributed by atoms with van der Waals surface area (Å²) in [6.07, 6.45) is 1.73. The summed E-state index contributed by atoms with van der Waals surface area (Å²) in [6, 6.07) is 11.0. The van der Waals surface area contributed by atoms with Crippen LogP contribution >= 0.6 is 11.3 Å². The molecule has 1 atom stereocenters. The molecule has 1 unspecified atom stereocenters. The van der Waals surface area contributed by atoms with E-state index >= 15 is 0 Å². The minimum Gasteiger partial charge on any atom is -0.493 e. The van der Waals surface area contributed by atoms with Crippen molar-refractivity contribution in [1.29, 1.82) is 0 Å². The molecule has 0 saturated carbocycles. The molecule has 8 nitrogen and oxygen atoms in total. The number of ether oxygens (including phenoxy) is 3. The normalized spacial score (nSPS) is 15.5. The van der Waals surface area contributed by atoms with Crippen molar-refractivity contribution in [2.75, 3.05) is 32.8 Å². The summed E-state index contributed by atoms with van der Waals surface area (Å²) in [5.41, 5.74) is 0.598. The molecule has 0 spiro atoms. The van der Waals surface area contributed by atoms with Gasteiger partial charge in [0.2, 0.25) is 17.6 Å². The Balaban J connectivity index is 1.56. The van der Waals surface area contributed by atoms with Crippen LogP contribution in [0.15, 0.2) is 52.5 Å². The molecule has 0 bridgehead atoms. The van der Waals surface area contributed by atoms with E-state index in [1.165, 1.54) is 21.3 Å². The third-order valence-electron chi connectivity index (χ3n) is 5.60. The van der Waals surface area contributed by atoms with Gasteiger partial charge in [0.15, 0.2) is 11.5 Å². The largest absolute Gasteiger partial charge is 0.493 e. The maximum Gasteiger partial charge on any atom is 0.228 e. The second-order valence-corrected chi connectivity index (χ2v) is 8.67. The first-order valence-electron chi connectivity index (χ1n) is 10.5. The van der Waals surface area contributed by atoms with E-state index in [1.54, 1.807) is 45.6 Å². The van der Waals surface area contributed by atoms with Crippen LogP contribution < -0.4 is 19.1 Å². The van der Waals surface area contributed by atoms with Gasteiger partial charge in [0.05, 0.1) is 52.3 Å². The average Bonchev–Trinajstić information content (AvgIpc) is 3.60. The van der Waals surface area contributed by atoms with Crippen molar-refractivity contribution in [3.05, 3.63) is 58.7 Å². The number of carbonyl (C=O) groups excluding carboxylic acids is 2. The number of carbonyl (C=O) groups is 2. The van der Waals surface area contributed by atoms with E-state index in [2.05, 4.69) is 0 Å². The van der Waals surface area contributed by atoms with Gasteiger partial charge < -0.3 is 28.4 Å². The third-order valence-corrected chi connectivity index (χ3v) is 6.46. The highest BCUT2D eigenvalue weighted by Gasteiger charge is 2.38. The van der Waals surface area contributed by atoms with Gasteiger partial charge in [-0.25, -0.2) is 0 Å². The smallest absolute Gasteiger partial charge is 0.228 e. The topological polar surface area (TPSA) is 81.5 Å². The van der Waals surface area contributed by atoms with Crippen molar-refractivity contribution >= 4 is 28.8 Å². The number of rotatable bonds is 9. The number of hydrogen-bond donors (Lipinski definition) is 0. The Morgan fingerprint density at radius 3 is 2.45 bits per heavy atom. The van der Waals surface area contributed by atoms with E-state index < -0.39 is 5.92 Å². The molecule has 1 aliphatic rings. The molecule has 4 rings (SSSR count). The number of amides is 2. The number of furan rings is 1. The summed E-state index contributed by atoms with van der Waals surface area (Å²) in [5, 5.41) is 1.98. The van der Waals surface area contributed by atoms with Gasteiger partial charge in [0.25, 0.3) is 0 Å². The van der Waals surface area contributed by atoms with Crippen LogP contribution in [0.25, 0.3) is 0 Å². The van der Waals surface area contributed by atoms with Crippen molar-refractivity contribution in [2.45, 2.75) is 19.5 Å². The van der Waals surface area contributed by atoms with Crippen LogP contribution in [0, 0.1) is 5.92 Å². The highest BCUT2D eigenvalue weighted by molar-refractivity contribution is 7.09. The van der Waals surface area contributed by atoms with Crippen molar-refractivity contribution in [2.24, 2.45) is 5.92 Å². The lowest BCUT2D eigenvalue weighted by molar-refractivity contribution is -0.137. The fourth-order valence-corrected chi connectivity index (χ4v) is 4.72. The number of hydrogen-bond acceptors (Lipinski definition) is 7. The number of thiophene rings is 1. The maximum atomic E-state index is 13.5. The molecular formula is C24H26N2O6S. The lowest BCUT2D eigenvalue weighted by atomic mass is 10.1. The zero-order valence-electron chi connectivity index (χ0n) is 18.8. The SMILES string of the molecule is COc1cc(N2CC(C(=O)N(Cc3ccco3)Cc3cccs3)CC2=O)cc(OC)c1OC. The first-order valence-corrected chi connectivity index (χ1v) is 11.4. The summed E-state index contributed by atoms with van der Waals surface area (Å²) >= 11 is 1.59. The predicted molar refractivity (Wildman–Crippen MR) is 124 cm³/mol. The van der Waals surface area contributed by atoms with Crippen LogP contribution in [0.4, 0.5) is 5.69 Å². The number of nitrogens with zero attached hydrogens (tertiary/aromatic N) is 2. The van der Waals surface area contributed by atoms with E-state index in [1.807, 2.05) is 23.6 Å². The monoisotopic (exact) mass is 470 g/mol. The van der Waals surface area contributed by atoms with Gasteiger partial charge >= 0.3 is 0 Å². The minimum atomic E-state index is -0.466. The molecule has 3 heterocycles. The van der Waals surface area contributed by atoms with Gasteiger partial charge in [-0.3, -0.25) is 9.59 Å². The molecule has 33 heavy (non-hydrogen) atoms. The molecule has 1 saturated heterocycles. The molecule has 1 fully saturated rings. The van der Waals surface area contributed by atoms with E-state index in [-0.39, 0.29) is 24.8 Å². The van der Waals surface area contributed by atoms with Crippen LogP contribution in [0.3, 0.4) is 0 Å². The summed E-state index contributed by atoms with van der Waals surface area (Å²) in [4.78, 5) is 30.9. The number of methoxy groups -OCH3 is 3. The van der Waals surface area contributed by atoms with Gasteiger partial charge in [0.1, 0.15) is 5.76 Å². The molecule has 0 radical (unpaired) electrons. The second-order valence-electron chi connectivity index (χ2n) is 7.64. The van der Waals surface area contributed by atoms with Crippen LogP contribution in [0.1, 0.15) is 17.1 Å². The van der Waals surface area contributed by atoms with Crippen LogP contribution in [-0.2, 0) is 22.7 Å². The predicted octanol–water partition coefficient (Wildman–Crippen LogP) is 3.95. The zero-order valence-corrected chi connectivity index (χ0v) is 19.6. The molecule has 174 valence electrons. The zero-order chi connectivity index (χ0) is 23.4. The Bertz CT molecular complexity index is 1040. The second kappa shape index (κ2) is 9.99. The Kier molecular flexibility index (Phi) is 6.88. The van der Waals surface area contributed by atoms with E-state index in [0.717, 1.165) is 4.88 Å². The summed E-state index contributed by atoms with van der Waals surface area (Å²) < 4.78 is 21.7. The molecule has 2 amide bonds. The quantitative estimate of drug-likeness (QED) is 0.471. The van der Waals surface area contributed by atoms with Crippen molar-refractivity contribution < 1.29 is 28.2 Å². The Morgan fingerprint density at radius 2 is 1.88 bits per heavy atom. The van der Waals surface area contributed by atoms with Gasteiger partial charge in [-0.2, -0.15) is 0 Å². The fourth-order valence-electron chi connectivity index (χ4n) is 4.00. The van der Waals surface area contributed by atoms with Gasteiger partial charge in [-0.1, -0.05) is 6.07 Å². The molecule has 3 aromatic rings. The third kappa shape index (κ3) is 4.83. The molecule has 1 aromatic carbocycles. The number of benzene rings is 1. The minimum absolute atomic E-state index is 0.0805. The van der Waals surface area contributed by atoms with Gasteiger partial charge in [-0.15, -0.1) is 11.3 Å². The lowest BCUT2D eigenvalue weighted by Gasteiger charge is -2.25. The molecular weight excluding hydrogens is 444 g/mol. The first kappa shape index (κ1) is 22.7. The maximum absolute atomic E-state index is 13.5. The average molecular weight is 471 g/mol. The lowest BCUT2D eigenvalue weighted by Crippen LogP contribution is -2.36. The first-order chi connectivity index (χ1) is 16.0. The van der Waals surface area contributed by atoms with Crippen LogP contribution in [-0.4, -0.2) is 44.6 Å². The summed E-state index contributed by atoms with van der Waals surface area (Å²) in [5.74, 6) is 1.37. The summed E-state index contributed by atoms with van der Waals surface area (Å²) in [6.45, 7) is 1.08. The summed E-state index contributed by atoms with van der Waals surface area (Å²) in [7, 11) is 4.57. The Hall–Kier alpha value is -3.46.